The Hall–Kier alpha value is -1.24. The van der Waals surface area contributed by atoms with Crippen LogP contribution in [0.25, 0.3) is 0 Å². The van der Waals surface area contributed by atoms with Crippen LogP contribution in [0.3, 0.4) is 0 Å². The van der Waals surface area contributed by atoms with Gasteiger partial charge in [0.25, 0.3) is 0 Å². The maximum Gasteiger partial charge on any atom is 0.163 e. The van der Waals surface area contributed by atoms with E-state index < -0.39 is 5.60 Å². The Morgan fingerprint density at radius 2 is 2.00 bits per heavy atom. The van der Waals surface area contributed by atoms with Gasteiger partial charge in [0.15, 0.2) is 5.82 Å². The predicted molar refractivity (Wildman–Crippen MR) is 77.3 cm³/mol. The van der Waals surface area contributed by atoms with Gasteiger partial charge in [-0.1, -0.05) is 6.92 Å². The zero-order valence-electron chi connectivity index (χ0n) is 12.5. The van der Waals surface area contributed by atoms with Crippen LogP contribution in [0, 0.1) is 6.92 Å². The van der Waals surface area contributed by atoms with Crippen molar-refractivity contribution in [1.82, 2.24) is 9.97 Å². The van der Waals surface area contributed by atoms with Gasteiger partial charge in [-0.2, -0.15) is 0 Å². The van der Waals surface area contributed by atoms with Crippen molar-refractivity contribution >= 4 is 5.82 Å². The molecule has 2 heterocycles. The molecule has 0 saturated carbocycles. The van der Waals surface area contributed by atoms with Crippen LogP contribution in [0.4, 0.5) is 5.82 Å². The molecular formula is C14H24N4O2. The highest BCUT2D eigenvalue weighted by Crippen LogP contribution is 2.35. The normalized spacial score (nSPS) is 18.0. The molecule has 1 aromatic heterocycles. The first-order valence-electron chi connectivity index (χ1n) is 7.23. The number of hydrogen-bond donors (Lipinski definition) is 2. The zero-order chi connectivity index (χ0) is 14.6. The van der Waals surface area contributed by atoms with Gasteiger partial charge in [-0.05, 0) is 20.3 Å². The number of nitrogens with one attached hydrogen (secondary N) is 1. The molecule has 0 aromatic carbocycles. The van der Waals surface area contributed by atoms with E-state index in [1.807, 2.05) is 13.8 Å². The predicted octanol–water partition coefficient (Wildman–Crippen LogP) is 1.68. The molecule has 0 bridgehead atoms. The van der Waals surface area contributed by atoms with Gasteiger partial charge in [0.2, 0.25) is 0 Å². The number of rotatable bonds is 5. The zero-order valence-corrected chi connectivity index (χ0v) is 12.5. The van der Waals surface area contributed by atoms with E-state index in [0.29, 0.717) is 31.5 Å². The number of aromatic nitrogens is 2. The topological polar surface area (TPSA) is 82.3 Å². The standard InChI is InChI=1S/C14H24N4O2/c1-4-11-10(3)16-13(17-12(11)18-15)14(20-5-2)6-8-19-9-7-14/h4-9,15H2,1-3H3,(H,16,17,18). The average molecular weight is 280 g/mol. The number of nitrogens with zero attached hydrogens (tertiary/aromatic N) is 2. The summed E-state index contributed by atoms with van der Waals surface area (Å²) >= 11 is 0. The third-order valence-corrected chi connectivity index (χ3v) is 3.83. The number of anilines is 1. The Morgan fingerprint density at radius 1 is 1.30 bits per heavy atom. The summed E-state index contributed by atoms with van der Waals surface area (Å²) in [6, 6.07) is 0. The molecule has 3 N–H and O–H groups in total. The summed E-state index contributed by atoms with van der Waals surface area (Å²) in [4.78, 5) is 9.29. The first-order valence-corrected chi connectivity index (χ1v) is 7.23. The van der Waals surface area contributed by atoms with E-state index in [1.165, 1.54) is 0 Å². The highest BCUT2D eigenvalue weighted by atomic mass is 16.5. The maximum atomic E-state index is 6.01. The molecule has 0 aliphatic carbocycles. The van der Waals surface area contributed by atoms with E-state index >= 15 is 0 Å². The minimum absolute atomic E-state index is 0.449. The minimum Gasteiger partial charge on any atom is -0.381 e. The summed E-state index contributed by atoms with van der Waals surface area (Å²) in [5.74, 6) is 7.01. The molecule has 1 aliphatic heterocycles. The van der Waals surface area contributed by atoms with Gasteiger partial charge in [-0.25, -0.2) is 15.8 Å². The molecule has 0 amide bonds. The van der Waals surface area contributed by atoms with Crippen LogP contribution in [0.5, 0.6) is 0 Å². The maximum absolute atomic E-state index is 6.01. The molecule has 1 saturated heterocycles. The van der Waals surface area contributed by atoms with Crippen LogP contribution in [0.15, 0.2) is 0 Å². The van der Waals surface area contributed by atoms with Crippen molar-refractivity contribution in [3.05, 3.63) is 17.1 Å². The largest absolute Gasteiger partial charge is 0.381 e. The van der Waals surface area contributed by atoms with Crippen molar-refractivity contribution in [1.29, 1.82) is 0 Å². The SMILES string of the molecule is CCOC1(c2nc(C)c(CC)c(NN)n2)CCOCC1. The van der Waals surface area contributed by atoms with Crippen LogP contribution in [0.1, 0.15) is 43.8 Å². The number of aryl methyl sites for hydroxylation is 1. The highest BCUT2D eigenvalue weighted by Gasteiger charge is 2.38. The first kappa shape index (κ1) is 15.2. The molecule has 6 nitrogen and oxygen atoms in total. The van der Waals surface area contributed by atoms with Gasteiger partial charge in [-0.15, -0.1) is 0 Å². The number of hydrazine groups is 1. The molecule has 0 unspecified atom stereocenters. The van der Waals surface area contributed by atoms with Crippen molar-refractivity contribution < 1.29 is 9.47 Å². The van der Waals surface area contributed by atoms with Crippen molar-refractivity contribution in [3.63, 3.8) is 0 Å². The minimum atomic E-state index is -0.449. The highest BCUT2D eigenvalue weighted by molar-refractivity contribution is 5.46. The van der Waals surface area contributed by atoms with Gasteiger partial charge in [-0.3, -0.25) is 0 Å². The van der Waals surface area contributed by atoms with Crippen molar-refractivity contribution in [2.24, 2.45) is 5.84 Å². The molecule has 1 aliphatic rings. The second kappa shape index (κ2) is 6.47. The Morgan fingerprint density at radius 3 is 2.55 bits per heavy atom. The molecular weight excluding hydrogens is 256 g/mol. The summed E-state index contributed by atoms with van der Waals surface area (Å²) in [5, 5.41) is 0. The van der Waals surface area contributed by atoms with Gasteiger partial charge >= 0.3 is 0 Å². The fourth-order valence-electron chi connectivity index (χ4n) is 2.75. The van der Waals surface area contributed by atoms with Crippen molar-refractivity contribution in [3.8, 4) is 0 Å². The summed E-state index contributed by atoms with van der Waals surface area (Å²) in [7, 11) is 0. The second-order valence-corrected chi connectivity index (χ2v) is 5.00. The average Bonchev–Trinajstić information content (AvgIpc) is 2.47. The Bertz CT molecular complexity index is 453. The summed E-state index contributed by atoms with van der Waals surface area (Å²) in [6.45, 7) is 8.02. The molecule has 20 heavy (non-hydrogen) atoms. The molecule has 112 valence electrons. The van der Waals surface area contributed by atoms with E-state index in [9.17, 15) is 0 Å². The Labute approximate surface area is 120 Å². The Kier molecular flexibility index (Phi) is 4.91. The van der Waals surface area contributed by atoms with Crippen molar-refractivity contribution in [2.45, 2.75) is 45.6 Å². The van der Waals surface area contributed by atoms with E-state index in [4.69, 9.17) is 15.3 Å². The summed E-state index contributed by atoms with van der Waals surface area (Å²) < 4.78 is 11.5. The lowest BCUT2D eigenvalue weighted by molar-refractivity contribution is -0.117. The monoisotopic (exact) mass is 280 g/mol. The van der Waals surface area contributed by atoms with E-state index in [-0.39, 0.29) is 0 Å². The summed E-state index contributed by atoms with van der Waals surface area (Å²) in [6.07, 6.45) is 2.39. The fraction of sp³-hybridized carbons (Fsp3) is 0.714. The quantitative estimate of drug-likeness (QED) is 0.631. The van der Waals surface area contributed by atoms with Crippen molar-refractivity contribution in [2.75, 3.05) is 25.2 Å². The number of ether oxygens (including phenoxy) is 2. The number of nitrogen functional groups attached to an aromatic ring is 1. The van der Waals surface area contributed by atoms with Crippen LogP contribution in [0.2, 0.25) is 0 Å². The van der Waals surface area contributed by atoms with Crippen LogP contribution in [-0.4, -0.2) is 29.8 Å². The molecule has 1 fully saturated rings. The lowest BCUT2D eigenvalue weighted by Crippen LogP contribution is -2.39. The molecule has 6 heteroatoms. The van der Waals surface area contributed by atoms with Gasteiger partial charge in [0.1, 0.15) is 11.4 Å². The molecule has 0 atom stereocenters. The van der Waals surface area contributed by atoms with Crippen LogP contribution >= 0.6 is 0 Å². The van der Waals surface area contributed by atoms with Gasteiger partial charge in [0, 0.05) is 43.9 Å². The van der Waals surface area contributed by atoms with Gasteiger partial charge in [0.05, 0.1) is 0 Å². The second-order valence-electron chi connectivity index (χ2n) is 5.00. The first-order chi connectivity index (χ1) is 9.66. The lowest BCUT2D eigenvalue weighted by atomic mass is 9.92. The smallest absolute Gasteiger partial charge is 0.163 e. The number of nitrogens with two attached hydrogens (primary N) is 1. The molecule has 2 rings (SSSR count). The molecule has 0 spiro atoms. The third-order valence-electron chi connectivity index (χ3n) is 3.83. The molecule has 1 aromatic rings. The van der Waals surface area contributed by atoms with E-state index in [2.05, 4.69) is 22.3 Å². The van der Waals surface area contributed by atoms with Crippen LogP contribution in [-0.2, 0) is 21.5 Å². The molecule has 0 radical (unpaired) electrons. The third kappa shape index (κ3) is 2.77. The lowest BCUT2D eigenvalue weighted by Gasteiger charge is -2.35. The van der Waals surface area contributed by atoms with Gasteiger partial charge < -0.3 is 14.9 Å². The summed E-state index contributed by atoms with van der Waals surface area (Å²) in [5.41, 5.74) is 4.24. The van der Waals surface area contributed by atoms with Crippen LogP contribution < -0.4 is 11.3 Å². The Balaban J connectivity index is 2.45. The van der Waals surface area contributed by atoms with E-state index in [1.54, 1.807) is 0 Å². The van der Waals surface area contributed by atoms with E-state index in [0.717, 1.165) is 30.5 Å². The fourth-order valence-corrected chi connectivity index (χ4v) is 2.75. The number of hydrogen-bond acceptors (Lipinski definition) is 6.